The highest BCUT2D eigenvalue weighted by Gasteiger charge is 2.26. The molecule has 0 aliphatic carbocycles. The van der Waals surface area contributed by atoms with E-state index in [2.05, 4.69) is 22.0 Å². The highest BCUT2D eigenvalue weighted by Crippen LogP contribution is 2.18. The summed E-state index contributed by atoms with van der Waals surface area (Å²) in [6, 6.07) is 0. The van der Waals surface area contributed by atoms with Crippen LogP contribution in [0.4, 0.5) is 0 Å². The number of carbonyl (C=O) groups is 1. The summed E-state index contributed by atoms with van der Waals surface area (Å²) in [6.45, 7) is 10.0. The molecule has 2 heterocycles. The van der Waals surface area contributed by atoms with Gasteiger partial charge in [0.15, 0.2) is 5.96 Å². The van der Waals surface area contributed by atoms with Crippen LogP contribution in [0.3, 0.4) is 0 Å². The Labute approximate surface area is 139 Å². The molecular weight excluding hydrogens is 296 g/mol. The lowest BCUT2D eigenvalue weighted by Crippen LogP contribution is -2.47. The first kappa shape index (κ1) is 18.0. The highest BCUT2D eigenvalue weighted by molar-refractivity contribution is 5.80. The minimum absolute atomic E-state index is 0.0347. The molecule has 0 spiro atoms. The number of hydrogen-bond acceptors (Lipinski definition) is 5. The maximum Gasteiger partial charge on any atom is 0.308 e. The van der Waals surface area contributed by atoms with E-state index in [0.29, 0.717) is 0 Å². The van der Waals surface area contributed by atoms with Gasteiger partial charge in [-0.2, -0.15) is 0 Å². The quantitative estimate of drug-likeness (QED) is 0.441. The summed E-state index contributed by atoms with van der Waals surface area (Å²) in [5.41, 5.74) is 0. The Kier molecular flexibility index (Phi) is 7.61. The minimum Gasteiger partial charge on any atom is -0.469 e. The first-order chi connectivity index (χ1) is 11.2. The first-order valence-corrected chi connectivity index (χ1v) is 8.65. The second-order valence-corrected chi connectivity index (χ2v) is 5.97. The van der Waals surface area contributed by atoms with Gasteiger partial charge >= 0.3 is 5.97 Å². The molecule has 23 heavy (non-hydrogen) atoms. The molecule has 7 heteroatoms. The van der Waals surface area contributed by atoms with Gasteiger partial charge in [-0.05, 0) is 19.8 Å². The molecule has 0 bridgehead atoms. The fraction of sp³-hybridized carbons (Fsp3) is 0.875. The minimum atomic E-state index is -0.0843. The summed E-state index contributed by atoms with van der Waals surface area (Å²) in [5.74, 6) is 0.912. The number of esters is 1. The van der Waals surface area contributed by atoms with Crippen LogP contribution in [-0.4, -0.2) is 87.9 Å². The van der Waals surface area contributed by atoms with Crippen molar-refractivity contribution in [3.8, 4) is 0 Å². The molecular formula is C16H30N4O3. The number of guanidine groups is 1. The van der Waals surface area contributed by atoms with E-state index >= 15 is 0 Å². The highest BCUT2D eigenvalue weighted by atomic mass is 16.5. The molecule has 2 saturated heterocycles. The van der Waals surface area contributed by atoms with E-state index in [0.717, 1.165) is 77.8 Å². The zero-order valence-electron chi connectivity index (χ0n) is 14.4. The van der Waals surface area contributed by atoms with Gasteiger partial charge in [0.1, 0.15) is 0 Å². The average Bonchev–Trinajstić information content (AvgIpc) is 2.61. The number of morpholine rings is 1. The second kappa shape index (κ2) is 9.72. The molecule has 2 rings (SSSR count). The Morgan fingerprint density at radius 3 is 2.57 bits per heavy atom. The Hall–Kier alpha value is -1.34. The third-order valence-electron chi connectivity index (χ3n) is 4.45. The van der Waals surface area contributed by atoms with E-state index in [1.54, 1.807) is 0 Å². The summed E-state index contributed by atoms with van der Waals surface area (Å²) < 4.78 is 10.2. The maximum absolute atomic E-state index is 11.6. The molecule has 0 aromatic rings. The standard InChI is InChI=1S/C16H30N4O3/c1-3-17-16(18-6-9-19-10-12-23-13-11-19)20-7-4-14(5-8-20)15(21)22-2/h14H,3-13H2,1-2H3,(H,17,18). The first-order valence-electron chi connectivity index (χ1n) is 8.65. The summed E-state index contributed by atoms with van der Waals surface area (Å²) in [4.78, 5) is 21.0. The van der Waals surface area contributed by atoms with Crippen molar-refractivity contribution in [1.82, 2.24) is 15.1 Å². The number of nitrogens with zero attached hydrogens (tertiary/aromatic N) is 3. The summed E-state index contributed by atoms with van der Waals surface area (Å²) >= 11 is 0. The zero-order chi connectivity index (χ0) is 16.5. The van der Waals surface area contributed by atoms with Gasteiger partial charge in [-0.1, -0.05) is 0 Å². The fourth-order valence-corrected chi connectivity index (χ4v) is 3.04. The van der Waals surface area contributed by atoms with E-state index in [9.17, 15) is 4.79 Å². The number of likely N-dealkylation sites (tertiary alicyclic amines) is 1. The van der Waals surface area contributed by atoms with Crippen LogP contribution in [0.2, 0.25) is 0 Å². The third kappa shape index (κ3) is 5.66. The van der Waals surface area contributed by atoms with Crippen LogP contribution in [0.5, 0.6) is 0 Å². The SMILES string of the molecule is CCNC(=NCCN1CCOCC1)N1CCC(C(=O)OC)CC1. The number of nitrogens with one attached hydrogen (secondary N) is 1. The normalized spacial score (nSPS) is 21.3. The Morgan fingerprint density at radius 1 is 1.26 bits per heavy atom. The lowest BCUT2D eigenvalue weighted by Gasteiger charge is -2.33. The van der Waals surface area contributed by atoms with Crippen molar-refractivity contribution in [2.75, 3.05) is 66.1 Å². The number of hydrogen-bond donors (Lipinski definition) is 1. The van der Waals surface area contributed by atoms with Gasteiger partial charge in [0.2, 0.25) is 0 Å². The van der Waals surface area contributed by atoms with Gasteiger partial charge in [-0.25, -0.2) is 0 Å². The van der Waals surface area contributed by atoms with Gasteiger partial charge in [-0.3, -0.25) is 14.7 Å². The van der Waals surface area contributed by atoms with Crippen molar-refractivity contribution in [2.24, 2.45) is 10.9 Å². The van der Waals surface area contributed by atoms with Crippen LogP contribution >= 0.6 is 0 Å². The van der Waals surface area contributed by atoms with E-state index in [1.165, 1.54) is 7.11 Å². The molecule has 7 nitrogen and oxygen atoms in total. The lowest BCUT2D eigenvalue weighted by molar-refractivity contribution is -0.146. The van der Waals surface area contributed by atoms with Gasteiger partial charge in [0, 0.05) is 39.3 Å². The summed E-state index contributed by atoms with van der Waals surface area (Å²) in [7, 11) is 1.46. The van der Waals surface area contributed by atoms with E-state index in [-0.39, 0.29) is 11.9 Å². The zero-order valence-corrected chi connectivity index (χ0v) is 14.4. The largest absolute Gasteiger partial charge is 0.469 e. The molecule has 0 amide bonds. The number of carbonyl (C=O) groups excluding carboxylic acids is 1. The van der Waals surface area contributed by atoms with Crippen LogP contribution in [0.1, 0.15) is 19.8 Å². The number of ether oxygens (including phenoxy) is 2. The molecule has 1 N–H and O–H groups in total. The van der Waals surface area contributed by atoms with Crippen LogP contribution in [0.25, 0.3) is 0 Å². The molecule has 0 radical (unpaired) electrons. The van der Waals surface area contributed by atoms with Crippen LogP contribution in [-0.2, 0) is 14.3 Å². The van der Waals surface area contributed by atoms with Gasteiger partial charge < -0.3 is 19.7 Å². The van der Waals surface area contributed by atoms with Crippen molar-refractivity contribution in [3.63, 3.8) is 0 Å². The Morgan fingerprint density at radius 2 is 1.96 bits per heavy atom. The molecule has 0 atom stereocenters. The average molecular weight is 326 g/mol. The number of methoxy groups -OCH3 is 1. The molecule has 0 saturated carbocycles. The molecule has 2 aliphatic rings. The van der Waals surface area contributed by atoms with E-state index in [1.807, 2.05) is 0 Å². The molecule has 2 fully saturated rings. The van der Waals surface area contributed by atoms with Gasteiger partial charge in [0.25, 0.3) is 0 Å². The summed E-state index contributed by atoms with van der Waals surface area (Å²) in [5, 5.41) is 3.36. The van der Waals surface area contributed by atoms with Crippen molar-refractivity contribution >= 4 is 11.9 Å². The van der Waals surface area contributed by atoms with Gasteiger partial charge in [0.05, 0.1) is 32.8 Å². The molecule has 132 valence electrons. The smallest absolute Gasteiger partial charge is 0.308 e. The predicted octanol–water partition coefficient (Wildman–Crippen LogP) is 0.169. The topological polar surface area (TPSA) is 66.4 Å². The lowest BCUT2D eigenvalue weighted by atomic mass is 9.97. The summed E-state index contributed by atoms with van der Waals surface area (Å²) in [6.07, 6.45) is 1.67. The molecule has 0 aromatic carbocycles. The van der Waals surface area contributed by atoms with Crippen molar-refractivity contribution in [2.45, 2.75) is 19.8 Å². The van der Waals surface area contributed by atoms with Crippen molar-refractivity contribution in [1.29, 1.82) is 0 Å². The fourth-order valence-electron chi connectivity index (χ4n) is 3.04. The van der Waals surface area contributed by atoms with E-state index in [4.69, 9.17) is 14.5 Å². The van der Waals surface area contributed by atoms with Crippen molar-refractivity contribution in [3.05, 3.63) is 0 Å². The Bertz CT molecular complexity index is 389. The van der Waals surface area contributed by atoms with E-state index < -0.39 is 0 Å². The molecule has 2 aliphatic heterocycles. The number of piperidine rings is 1. The van der Waals surface area contributed by atoms with Crippen LogP contribution in [0, 0.1) is 5.92 Å². The third-order valence-corrected chi connectivity index (χ3v) is 4.45. The molecule has 0 unspecified atom stereocenters. The second-order valence-electron chi connectivity index (χ2n) is 5.97. The predicted molar refractivity (Wildman–Crippen MR) is 89.6 cm³/mol. The van der Waals surface area contributed by atoms with Crippen LogP contribution in [0.15, 0.2) is 4.99 Å². The van der Waals surface area contributed by atoms with Gasteiger partial charge in [-0.15, -0.1) is 0 Å². The Balaban J connectivity index is 1.80. The van der Waals surface area contributed by atoms with Crippen molar-refractivity contribution < 1.29 is 14.3 Å². The maximum atomic E-state index is 11.6. The number of rotatable bonds is 5. The molecule has 0 aromatic heterocycles. The number of aliphatic imine (C=N–C) groups is 1. The monoisotopic (exact) mass is 326 g/mol. The van der Waals surface area contributed by atoms with Crippen LogP contribution < -0.4 is 5.32 Å².